The van der Waals surface area contributed by atoms with E-state index in [1.54, 1.807) is 19.1 Å². The van der Waals surface area contributed by atoms with E-state index in [4.69, 9.17) is 12.2 Å². The molecule has 0 aromatic heterocycles. The lowest BCUT2D eigenvalue weighted by molar-refractivity contribution is -0.0498. The molecule has 0 saturated heterocycles. The Hall–Kier alpha value is -2.54. The number of hydrogen-bond donors (Lipinski definition) is 2. The van der Waals surface area contributed by atoms with Gasteiger partial charge in [0.1, 0.15) is 5.75 Å². The van der Waals surface area contributed by atoms with E-state index in [9.17, 15) is 8.78 Å². The number of nitrogens with one attached hydrogen (secondary N) is 2. The van der Waals surface area contributed by atoms with Gasteiger partial charge in [-0.25, -0.2) is 0 Å². The number of aryl methyl sites for hydroxylation is 2. The molecule has 2 rings (SSSR count). The molecule has 0 amide bonds. The maximum Gasteiger partial charge on any atom is 0.387 e. The molecule has 0 spiro atoms. The van der Waals surface area contributed by atoms with Crippen LogP contribution in [0, 0.1) is 13.8 Å². The molecule has 0 fully saturated rings. The number of hydrazone groups is 1. The molecule has 4 nitrogen and oxygen atoms in total. The second-order valence-corrected chi connectivity index (χ2v) is 5.84. The van der Waals surface area contributed by atoms with Crippen molar-refractivity contribution >= 4 is 28.7 Å². The van der Waals surface area contributed by atoms with Crippen LogP contribution in [0.3, 0.4) is 0 Å². The van der Waals surface area contributed by atoms with Crippen LogP contribution in [0.4, 0.5) is 14.5 Å². The number of ether oxygens (including phenoxy) is 1. The topological polar surface area (TPSA) is 45.7 Å². The molecule has 0 radical (unpaired) electrons. The number of nitrogens with zero attached hydrogens (tertiary/aromatic N) is 1. The van der Waals surface area contributed by atoms with Gasteiger partial charge in [-0.3, -0.25) is 5.43 Å². The molecule has 2 aromatic rings. The third-order valence-electron chi connectivity index (χ3n) is 3.54. The first kappa shape index (κ1) is 18.8. The molecule has 0 atom stereocenters. The van der Waals surface area contributed by atoms with E-state index in [1.165, 1.54) is 12.1 Å². The third kappa shape index (κ3) is 5.49. The van der Waals surface area contributed by atoms with Gasteiger partial charge in [0, 0.05) is 5.69 Å². The summed E-state index contributed by atoms with van der Waals surface area (Å²) >= 11 is 5.26. The lowest BCUT2D eigenvalue weighted by atomic mass is 10.1. The fourth-order valence-corrected chi connectivity index (χ4v) is 2.38. The van der Waals surface area contributed by atoms with Gasteiger partial charge in [-0.05, 0) is 73.9 Å². The molecule has 7 heteroatoms. The lowest BCUT2D eigenvalue weighted by Crippen LogP contribution is -2.25. The molecule has 0 aliphatic carbocycles. The number of alkyl halides is 2. The van der Waals surface area contributed by atoms with Gasteiger partial charge >= 0.3 is 6.61 Å². The van der Waals surface area contributed by atoms with E-state index < -0.39 is 6.61 Å². The Morgan fingerprint density at radius 2 is 1.68 bits per heavy atom. The highest BCUT2D eigenvalue weighted by atomic mass is 32.1. The van der Waals surface area contributed by atoms with Gasteiger partial charge in [-0.15, -0.1) is 0 Å². The zero-order valence-corrected chi connectivity index (χ0v) is 15.0. The number of rotatable bonds is 5. The van der Waals surface area contributed by atoms with Crippen LogP contribution in [-0.4, -0.2) is 17.4 Å². The Kier molecular flexibility index (Phi) is 6.41. The van der Waals surface area contributed by atoms with Crippen molar-refractivity contribution in [1.29, 1.82) is 0 Å². The van der Waals surface area contributed by atoms with Crippen molar-refractivity contribution in [3.05, 3.63) is 59.2 Å². The van der Waals surface area contributed by atoms with E-state index in [-0.39, 0.29) is 5.75 Å². The second kappa shape index (κ2) is 8.53. The highest BCUT2D eigenvalue weighted by Gasteiger charge is 2.06. The Balaban J connectivity index is 1.99. The minimum absolute atomic E-state index is 0.103. The van der Waals surface area contributed by atoms with Gasteiger partial charge in [0.25, 0.3) is 0 Å². The Morgan fingerprint density at radius 3 is 2.24 bits per heavy atom. The van der Waals surface area contributed by atoms with Crippen LogP contribution in [0.5, 0.6) is 5.75 Å². The summed E-state index contributed by atoms with van der Waals surface area (Å²) in [6, 6.07) is 12.2. The standard InChI is InChI=1S/C18H19F2N3OS/c1-11-5-4-6-12(2)16(11)21-18(25)23-22-13(3)14-7-9-15(10-8-14)24-17(19)20/h4-10,17H,1-3H3,(H2,21,23,25). The number of anilines is 1. The van der Waals surface area contributed by atoms with Crippen LogP contribution < -0.4 is 15.5 Å². The van der Waals surface area contributed by atoms with Gasteiger partial charge in [-0.2, -0.15) is 13.9 Å². The highest BCUT2D eigenvalue weighted by Crippen LogP contribution is 2.19. The fourth-order valence-electron chi connectivity index (χ4n) is 2.23. The monoisotopic (exact) mass is 363 g/mol. The second-order valence-electron chi connectivity index (χ2n) is 5.43. The lowest BCUT2D eigenvalue weighted by Gasteiger charge is -2.13. The minimum Gasteiger partial charge on any atom is -0.435 e. The van der Waals surface area contributed by atoms with Crippen molar-refractivity contribution < 1.29 is 13.5 Å². The van der Waals surface area contributed by atoms with Gasteiger partial charge in [-0.1, -0.05) is 18.2 Å². The maximum atomic E-state index is 12.1. The Bertz CT molecular complexity index is 756. The molecule has 0 aliphatic rings. The van der Waals surface area contributed by atoms with Crippen molar-refractivity contribution in [1.82, 2.24) is 5.43 Å². The summed E-state index contributed by atoms with van der Waals surface area (Å²) in [4.78, 5) is 0. The predicted octanol–water partition coefficient (Wildman–Crippen LogP) is 4.62. The summed E-state index contributed by atoms with van der Waals surface area (Å²) in [6.07, 6.45) is 0. The molecule has 0 saturated carbocycles. The van der Waals surface area contributed by atoms with Gasteiger partial charge < -0.3 is 10.1 Å². The minimum atomic E-state index is -2.84. The molecule has 0 aliphatic heterocycles. The summed E-state index contributed by atoms with van der Waals surface area (Å²) in [6.45, 7) is 2.94. The average Bonchev–Trinajstić information content (AvgIpc) is 2.56. The van der Waals surface area contributed by atoms with Gasteiger partial charge in [0.2, 0.25) is 0 Å². The molecule has 0 unspecified atom stereocenters. The van der Waals surface area contributed by atoms with Crippen molar-refractivity contribution in [3.63, 3.8) is 0 Å². The SMILES string of the molecule is CC(=NNC(=S)Nc1c(C)cccc1C)c1ccc(OC(F)F)cc1. The van der Waals surface area contributed by atoms with E-state index >= 15 is 0 Å². The zero-order valence-electron chi connectivity index (χ0n) is 14.1. The summed E-state index contributed by atoms with van der Waals surface area (Å²) < 4.78 is 28.6. The first-order valence-corrected chi connectivity index (χ1v) is 8.00. The van der Waals surface area contributed by atoms with Crippen LogP contribution in [0.25, 0.3) is 0 Å². The molecule has 25 heavy (non-hydrogen) atoms. The van der Waals surface area contributed by atoms with Gasteiger partial charge in [0.05, 0.1) is 5.71 Å². The van der Waals surface area contributed by atoms with E-state index in [1.807, 2.05) is 32.0 Å². The van der Waals surface area contributed by atoms with Crippen LogP contribution in [0.2, 0.25) is 0 Å². The predicted molar refractivity (Wildman–Crippen MR) is 101 cm³/mol. The maximum absolute atomic E-state index is 12.1. The van der Waals surface area contributed by atoms with E-state index in [0.717, 1.165) is 22.4 Å². The van der Waals surface area contributed by atoms with Crippen molar-refractivity contribution in [3.8, 4) is 5.75 Å². The van der Waals surface area contributed by atoms with Crippen LogP contribution in [0.15, 0.2) is 47.6 Å². The number of para-hydroxylation sites is 1. The summed E-state index contributed by atoms with van der Waals surface area (Å²) in [5.74, 6) is 0.103. The molecular weight excluding hydrogens is 344 g/mol. The smallest absolute Gasteiger partial charge is 0.387 e. The Morgan fingerprint density at radius 1 is 1.08 bits per heavy atom. The molecule has 132 valence electrons. The third-order valence-corrected chi connectivity index (χ3v) is 3.74. The van der Waals surface area contributed by atoms with Crippen molar-refractivity contribution in [2.45, 2.75) is 27.4 Å². The van der Waals surface area contributed by atoms with Crippen LogP contribution >= 0.6 is 12.2 Å². The molecule has 2 N–H and O–H groups in total. The molecule has 0 heterocycles. The molecule has 2 aromatic carbocycles. The fraction of sp³-hybridized carbons (Fsp3) is 0.222. The van der Waals surface area contributed by atoms with Crippen molar-refractivity contribution in [2.75, 3.05) is 5.32 Å². The number of halogens is 2. The zero-order chi connectivity index (χ0) is 18.4. The van der Waals surface area contributed by atoms with E-state index in [0.29, 0.717) is 10.8 Å². The van der Waals surface area contributed by atoms with Crippen LogP contribution in [-0.2, 0) is 0 Å². The Labute approximate surface area is 150 Å². The summed E-state index contributed by atoms with van der Waals surface area (Å²) in [5.41, 5.74) is 7.33. The number of benzene rings is 2. The largest absolute Gasteiger partial charge is 0.435 e. The molecular formula is C18H19F2N3OS. The first-order chi connectivity index (χ1) is 11.9. The highest BCUT2D eigenvalue weighted by molar-refractivity contribution is 7.80. The van der Waals surface area contributed by atoms with E-state index in [2.05, 4.69) is 20.6 Å². The normalized spacial score (nSPS) is 11.4. The van der Waals surface area contributed by atoms with Crippen molar-refractivity contribution in [2.24, 2.45) is 5.10 Å². The molecule has 0 bridgehead atoms. The average molecular weight is 363 g/mol. The van der Waals surface area contributed by atoms with Gasteiger partial charge in [0.15, 0.2) is 5.11 Å². The number of hydrogen-bond acceptors (Lipinski definition) is 3. The quantitative estimate of drug-likeness (QED) is 0.462. The first-order valence-electron chi connectivity index (χ1n) is 7.59. The summed E-state index contributed by atoms with van der Waals surface area (Å²) in [7, 11) is 0. The van der Waals surface area contributed by atoms with Crippen LogP contribution in [0.1, 0.15) is 23.6 Å². The number of thiocarbonyl (C=S) groups is 1. The summed E-state index contributed by atoms with van der Waals surface area (Å²) in [5, 5.41) is 7.71.